The van der Waals surface area contributed by atoms with Crippen molar-refractivity contribution in [1.29, 1.82) is 0 Å². The standard InChI is InChI=1S/C25H28N4O3/c1-16-11-17(3-4-23(16)32-20-6-9-31-10-7-20)18-5-8-26-24(12-18)28-25(30)22-13-21(22)19-14-27-29(2)15-19/h3-5,8,11-12,14-15,20-22H,6-7,9-10,13H2,1-2H3,(H,26,28,30)/t21-,22+/m0/s1. The Kier molecular flexibility index (Phi) is 5.66. The first kappa shape index (κ1) is 20.7. The Morgan fingerprint density at radius 3 is 2.75 bits per heavy atom. The van der Waals surface area contributed by atoms with Crippen LogP contribution < -0.4 is 10.1 Å². The van der Waals surface area contributed by atoms with Gasteiger partial charge in [-0.2, -0.15) is 5.10 Å². The minimum Gasteiger partial charge on any atom is -0.490 e. The van der Waals surface area contributed by atoms with Crippen LogP contribution in [0.5, 0.6) is 5.75 Å². The lowest BCUT2D eigenvalue weighted by Gasteiger charge is -2.24. The fourth-order valence-corrected chi connectivity index (χ4v) is 4.32. The zero-order valence-electron chi connectivity index (χ0n) is 18.5. The fraction of sp³-hybridized carbons (Fsp3) is 0.400. The van der Waals surface area contributed by atoms with Gasteiger partial charge in [-0.15, -0.1) is 0 Å². The molecule has 0 unspecified atom stereocenters. The van der Waals surface area contributed by atoms with E-state index in [4.69, 9.17) is 9.47 Å². The summed E-state index contributed by atoms with van der Waals surface area (Å²) < 4.78 is 13.4. The average molecular weight is 433 g/mol. The lowest BCUT2D eigenvalue weighted by Crippen LogP contribution is -2.26. The highest BCUT2D eigenvalue weighted by Crippen LogP contribution is 2.47. The molecule has 32 heavy (non-hydrogen) atoms. The first-order valence-corrected chi connectivity index (χ1v) is 11.2. The zero-order valence-corrected chi connectivity index (χ0v) is 18.5. The van der Waals surface area contributed by atoms with Gasteiger partial charge < -0.3 is 14.8 Å². The van der Waals surface area contributed by atoms with E-state index in [9.17, 15) is 4.79 Å². The quantitative estimate of drug-likeness (QED) is 0.635. The number of pyridine rings is 1. The number of ether oxygens (including phenoxy) is 2. The van der Waals surface area contributed by atoms with Crippen molar-refractivity contribution in [3.63, 3.8) is 0 Å². The molecule has 166 valence electrons. The van der Waals surface area contributed by atoms with Crippen molar-refractivity contribution in [3.05, 3.63) is 60.0 Å². The van der Waals surface area contributed by atoms with Gasteiger partial charge in [0.15, 0.2) is 0 Å². The molecule has 0 spiro atoms. The molecule has 0 bridgehead atoms. The molecule has 3 heterocycles. The van der Waals surface area contributed by atoms with E-state index in [-0.39, 0.29) is 23.8 Å². The van der Waals surface area contributed by atoms with Crippen molar-refractivity contribution in [2.24, 2.45) is 13.0 Å². The molecule has 1 saturated carbocycles. The van der Waals surface area contributed by atoms with E-state index in [0.29, 0.717) is 5.82 Å². The Bertz CT molecular complexity index is 1120. The first-order chi connectivity index (χ1) is 15.6. The molecule has 5 rings (SSSR count). The van der Waals surface area contributed by atoms with Crippen molar-refractivity contribution < 1.29 is 14.3 Å². The molecule has 0 radical (unpaired) electrons. The Hall–Kier alpha value is -3.19. The van der Waals surface area contributed by atoms with Gasteiger partial charge >= 0.3 is 0 Å². The van der Waals surface area contributed by atoms with Crippen molar-refractivity contribution in [1.82, 2.24) is 14.8 Å². The second kappa shape index (κ2) is 8.74. The summed E-state index contributed by atoms with van der Waals surface area (Å²) in [5, 5.41) is 7.19. The van der Waals surface area contributed by atoms with Gasteiger partial charge in [0.05, 0.1) is 19.4 Å². The van der Waals surface area contributed by atoms with E-state index in [0.717, 1.165) is 60.5 Å². The molecule has 2 fully saturated rings. The second-order valence-electron chi connectivity index (χ2n) is 8.72. The van der Waals surface area contributed by atoms with E-state index < -0.39 is 0 Å². The van der Waals surface area contributed by atoms with Crippen LogP contribution in [0.15, 0.2) is 48.9 Å². The number of hydrogen-bond acceptors (Lipinski definition) is 5. The predicted octanol–water partition coefficient (Wildman–Crippen LogP) is 4.09. The molecular formula is C25H28N4O3. The van der Waals surface area contributed by atoms with E-state index in [1.807, 2.05) is 37.6 Å². The van der Waals surface area contributed by atoms with Gasteiger partial charge in [0.2, 0.25) is 5.91 Å². The number of amides is 1. The molecule has 1 aromatic carbocycles. The van der Waals surface area contributed by atoms with Crippen molar-refractivity contribution in [3.8, 4) is 16.9 Å². The van der Waals surface area contributed by atoms with Crippen LogP contribution >= 0.6 is 0 Å². The van der Waals surface area contributed by atoms with Gasteiger partial charge in [0, 0.05) is 38.2 Å². The Morgan fingerprint density at radius 2 is 2.00 bits per heavy atom. The van der Waals surface area contributed by atoms with E-state index in [2.05, 4.69) is 34.5 Å². The normalized spacial score (nSPS) is 20.7. The maximum atomic E-state index is 12.7. The molecule has 1 saturated heterocycles. The number of aryl methyl sites for hydroxylation is 2. The lowest BCUT2D eigenvalue weighted by atomic mass is 10.0. The number of nitrogens with one attached hydrogen (secondary N) is 1. The Balaban J connectivity index is 1.25. The molecule has 2 atom stereocenters. The molecule has 1 N–H and O–H groups in total. The lowest BCUT2D eigenvalue weighted by molar-refractivity contribution is -0.117. The van der Waals surface area contributed by atoms with Crippen LogP contribution in [0.25, 0.3) is 11.1 Å². The molecule has 3 aromatic rings. The predicted molar refractivity (Wildman–Crippen MR) is 122 cm³/mol. The number of carbonyl (C=O) groups is 1. The molecule has 1 aliphatic heterocycles. The van der Waals surface area contributed by atoms with Crippen molar-refractivity contribution in [2.45, 2.75) is 38.2 Å². The number of carbonyl (C=O) groups excluding carboxylic acids is 1. The third kappa shape index (κ3) is 4.53. The largest absolute Gasteiger partial charge is 0.490 e. The van der Waals surface area contributed by atoms with Gasteiger partial charge in [-0.1, -0.05) is 6.07 Å². The minimum atomic E-state index is -0.0199. The molecule has 1 amide bonds. The number of anilines is 1. The average Bonchev–Trinajstić information content (AvgIpc) is 3.49. The molecule has 2 aromatic heterocycles. The summed E-state index contributed by atoms with van der Waals surface area (Å²) in [6.45, 7) is 3.59. The number of rotatable bonds is 6. The maximum absolute atomic E-state index is 12.7. The minimum absolute atomic E-state index is 0.0138. The molecule has 1 aliphatic carbocycles. The van der Waals surface area contributed by atoms with Crippen molar-refractivity contribution >= 4 is 11.7 Å². The van der Waals surface area contributed by atoms with Gasteiger partial charge in [-0.25, -0.2) is 4.98 Å². The third-order valence-electron chi connectivity index (χ3n) is 6.26. The van der Waals surface area contributed by atoms with E-state index in [1.165, 1.54) is 0 Å². The molecule has 2 aliphatic rings. The second-order valence-corrected chi connectivity index (χ2v) is 8.72. The third-order valence-corrected chi connectivity index (χ3v) is 6.26. The van der Waals surface area contributed by atoms with Crippen LogP contribution in [0.3, 0.4) is 0 Å². The van der Waals surface area contributed by atoms with Gasteiger partial charge in [0.1, 0.15) is 17.7 Å². The van der Waals surface area contributed by atoms with Crippen LogP contribution in [0.1, 0.15) is 36.3 Å². The fourth-order valence-electron chi connectivity index (χ4n) is 4.32. The SMILES string of the molecule is Cc1cc(-c2ccnc(NC(=O)[C@@H]3C[C@H]3c3cnn(C)c3)c2)ccc1OC1CCOCC1. The monoisotopic (exact) mass is 432 g/mol. The van der Waals surface area contributed by atoms with Crippen LogP contribution in [0.4, 0.5) is 5.82 Å². The number of aromatic nitrogens is 3. The van der Waals surface area contributed by atoms with Gasteiger partial charge in [-0.05, 0) is 65.8 Å². The highest BCUT2D eigenvalue weighted by molar-refractivity contribution is 5.95. The Morgan fingerprint density at radius 1 is 1.19 bits per heavy atom. The van der Waals surface area contributed by atoms with Crippen LogP contribution in [0, 0.1) is 12.8 Å². The number of nitrogens with zero attached hydrogens (tertiary/aromatic N) is 3. The van der Waals surface area contributed by atoms with Crippen molar-refractivity contribution in [2.75, 3.05) is 18.5 Å². The summed E-state index contributed by atoms with van der Waals surface area (Å²) in [6.07, 6.45) is 8.48. The summed E-state index contributed by atoms with van der Waals surface area (Å²) in [5.41, 5.74) is 4.29. The van der Waals surface area contributed by atoms with Gasteiger partial charge in [0.25, 0.3) is 0 Å². The van der Waals surface area contributed by atoms with Crippen LogP contribution in [-0.4, -0.2) is 40.0 Å². The molecule has 7 nitrogen and oxygen atoms in total. The summed E-state index contributed by atoms with van der Waals surface area (Å²) in [4.78, 5) is 17.0. The van der Waals surface area contributed by atoms with Gasteiger partial charge in [-0.3, -0.25) is 9.48 Å². The number of hydrogen-bond donors (Lipinski definition) is 1. The summed E-state index contributed by atoms with van der Waals surface area (Å²) in [7, 11) is 1.89. The summed E-state index contributed by atoms with van der Waals surface area (Å²) in [6, 6.07) is 10.1. The Labute approximate surface area is 187 Å². The molecule has 7 heteroatoms. The van der Waals surface area contributed by atoms with Crippen LogP contribution in [0.2, 0.25) is 0 Å². The van der Waals surface area contributed by atoms with Crippen LogP contribution in [-0.2, 0) is 16.6 Å². The van der Waals surface area contributed by atoms with E-state index in [1.54, 1.807) is 10.9 Å². The summed E-state index contributed by atoms with van der Waals surface area (Å²) >= 11 is 0. The molecular weight excluding hydrogens is 404 g/mol. The summed E-state index contributed by atoms with van der Waals surface area (Å²) in [5.74, 6) is 1.73. The smallest absolute Gasteiger partial charge is 0.229 e. The zero-order chi connectivity index (χ0) is 22.1. The number of benzene rings is 1. The maximum Gasteiger partial charge on any atom is 0.229 e. The highest BCUT2D eigenvalue weighted by atomic mass is 16.5. The van der Waals surface area contributed by atoms with E-state index >= 15 is 0 Å². The highest BCUT2D eigenvalue weighted by Gasteiger charge is 2.44. The first-order valence-electron chi connectivity index (χ1n) is 11.2. The topological polar surface area (TPSA) is 78.3 Å².